The van der Waals surface area contributed by atoms with Crippen molar-refractivity contribution in [3.05, 3.63) is 41.6 Å². The second-order valence-electron chi connectivity index (χ2n) is 11.7. The SMILES string of the molecule is CC(C)(C)[C@H](NC(=O)c1nn(CCCCC#N)c2ccccc12)C(=O)NCC1=NC2NC2C(C2CCC2)=C1. The van der Waals surface area contributed by atoms with Crippen LogP contribution in [0.3, 0.4) is 0 Å². The van der Waals surface area contributed by atoms with Gasteiger partial charge < -0.3 is 10.6 Å². The van der Waals surface area contributed by atoms with Crippen molar-refractivity contribution in [2.75, 3.05) is 6.54 Å². The first-order valence-corrected chi connectivity index (χ1v) is 13.7. The van der Waals surface area contributed by atoms with Gasteiger partial charge in [-0.2, -0.15) is 10.4 Å². The lowest BCUT2D eigenvalue weighted by Crippen LogP contribution is -2.54. The number of nitriles is 1. The fourth-order valence-electron chi connectivity index (χ4n) is 5.31. The average Bonchev–Trinajstić information content (AvgIpc) is 3.55. The third-order valence-electron chi connectivity index (χ3n) is 7.76. The Morgan fingerprint density at radius 2 is 2.03 bits per heavy atom. The summed E-state index contributed by atoms with van der Waals surface area (Å²) in [7, 11) is 0. The second-order valence-corrected chi connectivity index (χ2v) is 11.7. The van der Waals surface area contributed by atoms with Crippen LogP contribution < -0.4 is 16.0 Å². The number of carbonyl (C=O) groups excluding carboxylic acids is 2. The summed E-state index contributed by atoms with van der Waals surface area (Å²) in [6.07, 6.45) is 8.12. The van der Waals surface area contributed by atoms with Crippen LogP contribution in [-0.4, -0.2) is 52.1 Å². The van der Waals surface area contributed by atoms with Gasteiger partial charge in [-0.1, -0.05) is 45.4 Å². The molecule has 0 spiro atoms. The van der Waals surface area contributed by atoms with Crippen LogP contribution in [0.15, 0.2) is 40.9 Å². The molecule has 2 fully saturated rings. The molecule has 0 radical (unpaired) electrons. The first-order valence-electron chi connectivity index (χ1n) is 13.7. The van der Waals surface area contributed by atoms with Crippen LogP contribution >= 0.6 is 0 Å². The first kappa shape index (κ1) is 26.1. The van der Waals surface area contributed by atoms with Crippen LogP contribution in [0.1, 0.15) is 69.8 Å². The molecule has 2 aliphatic heterocycles. The number of rotatable bonds is 10. The zero-order chi connectivity index (χ0) is 26.9. The lowest BCUT2D eigenvalue weighted by molar-refractivity contribution is -0.125. The number of para-hydroxylation sites is 1. The van der Waals surface area contributed by atoms with Gasteiger partial charge in [-0.05, 0) is 54.7 Å². The van der Waals surface area contributed by atoms with E-state index in [0.717, 1.165) is 29.5 Å². The molecule has 9 nitrogen and oxygen atoms in total. The standard InChI is InChI=1S/C29H37N7O2/c1-29(2,3)25(28(38)31-17-19-16-21(18-10-9-11-18)23-26(32-19)33-23)34-27(37)24-20-12-5-6-13-22(20)36(35-24)15-8-4-7-14-30/h5-6,12-13,16,18,23,25-26,33H,4,7-11,15,17H2,1-3H3,(H,31,38)(H,34,37)/t23?,25-,26?/m1/s1. The minimum absolute atomic E-state index is 0.143. The number of benzene rings is 1. The third-order valence-corrected chi connectivity index (χ3v) is 7.76. The highest BCUT2D eigenvalue weighted by Crippen LogP contribution is 2.40. The topological polar surface area (TPSA) is 134 Å². The lowest BCUT2D eigenvalue weighted by Gasteiger charge is -2.31. The molecule has 2 unspecified atom stereocenters. The summed E-state index contributed by atoms with van der Waals surface area (Å²) in [6, 6.07) is 9.40. The molecule has 2 amide bonds. The maximum atomic E-state index is 13.5. The van der Waals surface area contributed by atoms with Gasteiger partial charge in [0.15, 0.2) is 5.69 Å². The Balaban J connectivity index is 1.27. The molecular formula is C29H37N7O2. The van der Waals surface area contributed by atoms with E-state index in [4.69, 9.17) is 10.3 Å². The van der Waals surface area contributed by atoms with Gasteiger partial charge in [0.1, 0.15) is 12.2 Å². The van der Waals surface area contributed by atoms with E-state index < -0.39 is 11.5 Å². The number of amides is 2. The molecular weight excluding hydrogens is 478 g/mol. The average molecular weight is 516 g/mol. The molecule has 1 aliphatic carbocycles. The van der Waals surface area contributed by atoms with E-state index in [1.807, 2.05) is 49.7 Å². The number of nitrogens with zero attached hydrogens (tertiary/aromatic N) is 4. The van der Waals surface area contributed by atoms with Crippen LogP contribution in [0.5, 0.6) is 0 Å². The van der Waals surface area contributed by atoms with E-state index in [-0.39, 0.29) is 18.0 Å². The maximum Gasteiger partial charge on any atom is 0.273 e. The number of nitrogens with one attached hydrogen (secondary N) is 3. The van der Waals surface area contributed by atoms with Gasteiger partial charge >= 0.3 is 0 Å². The summed E-state index contributed by atoms with van der Waals surface area (Å²) in [5.41, 5.74) is 2.96. The molecule has 3 N–H and O–H groups in total. The molecule has 38 heavy (non-hydrogen) atoms. The Bertz CT molecular complexity index is 1320. The maximum absolute atomic E-state index is 13.5. The van der Waals surface area contributed by atoms with Crippen molar-refractivity contribution < 1.29 is 9.59 Å². The Labute approximate surface area is 223 Å². The van der Waals surface area contributed by atoms with E-state index in [2.05, 4.69) is 33.2 Å². The van der Waals surface area contributed by atoms with Gasteiger partial charge in [0.05, 0.1) is 29.9 Å². The van der Waals surface area contributed by atoms with Crippen molar-refractivity contribution in [3.63, 3.8) is 0 Å². The molecule has 1 aromatic heterocycles. The molecule has 1 aromatic carbocycles. The number of unbranched alkanes of at least 4 members (excludes halogenated alkanes) is 2. The summed E-state index contributed by atoms with van der Waals surface area (Å²) in [5.74, 6) is 0.0267. The van der Waals surface area contributed by atoms with Gasteiger partial charge in [0.2, 0.25) is 5.91 Å². The monoisotopic (exact) mass is 515 g/mol. The van der Waals surface area contributed by atoms with Gasteiger partial charge in [0.25, 0.3) is 5.91 Å². The van der Waals surface area contributed by atoms with Crippen molar-refractivity contribution in [3.8, 4) is 6.07 Å². The summed E-state index contributed by atoms with van der Waals surface area (Å²) in [5, 5.41) is 23.6. The smallest absolute Gasteiger partial charge is 0.273 e. The normalized spacial score (nSPS) is 21.4. The predicted molar refractivity (Wildman–Crippen MR) is 146 cm³/mol. The van der Waals surface area contributed by atoms with Crippen LogP contribution in [0, 0.1) is 22.7 Å². The van der Waals surface area contributed by atoms with Gasteiger partial charge in [-0.25, -0.2) is 0 Å². The van der Waals surface area contributed by atoms with Crippen molar-refractivity contribution in [2.45, 2.75) is 84.1 Å². The quantitative estimate of drug-likeness (QED) is 0.329. The molecule has 1 saturated carbocycles. The molecule has 3 aliphatic rings. The van der Waals surface area contributed by atoms with E-state index in [9.17, 15) is 9.59 Å². The van der Waals surface area contributed by atoms with E-state index >= 15 is 0 Å². The van der Waals surface area contributed by atoms with Gasteiger partial charge in [-0.3, -0.25) is 24.6 Å². The number of fused-ring (bicyclic) bond motifs is 2. The van der Waals surface area contributed by atoms with Crippen LogP contribution in [-0.2, 0) is 11.3 Å². The molecule has 1 saturated heterocycles. The zero-order valence-electron chi connectivity index (χ0n) is 22.5. The van der Waals surface area contributed by atoms with Crippen molar-refractivity contribution in [2.24, 2.45) is 16.3 Å². The highest BCUT2D eigenvalue weighted by Gasteiger charge is 2.45. The Kier molecular flexibility index (Phi) is 7.35. The highest BCUT2D eigenvalue weighted by molar-refractivity contribution is 6.07. The van der Waals surface area contributed by atoms with Crippen molar-refractivity contribution in [1.29, 1.82) is 5.26 Å². The predicted octanol–water partition coefficient (Wildman–Crippen LogP) is 3.47. The summed E-state index contributed by atoms with van der Waals surface area (Å²) < 4.78 is 1.82. The fraction of sp³-hybridized carbons (Fsp3) is 0.552. The molecule has 3 atom stereocenters. The number of aliphatic imine (C=N–C) groups is 1. The van der Waals surface area contributed by atoms with Crippen LogP contribution in [0.2, 0.25) is 0 Å². The summed E-state index contributed by atoms with van der Waals surface area (Å²) >= 11 is 0. The van der Waals surface area contributed by atoms with E-state index in [0.29, 0.717) is 37.2 Å². The number of aromatic nitrogens is 2. The number of hydrogen-bond acceptors (Lipinski definition) is 6. The van der Waals surface area contributed by atoms with Crippen molar-refractivity contribution >= 4 is 28.4 Å². The minimum Gasteiger partial charge on any atom is -0.349 e. The zero-order valence-corrected chi connectivity index (χ0v) is 22.5. The summed E-state index contributed by atoms with van der Waals surface area (Å²) in [6.45, 7) is 6.77. The number of carbonyl (C=O) groups is 2. The highest BCUT2D eigenvalue weighted by atomic mass is 16.2. The van der Waals surface area contributed by atoms with Gasteiger partial charge in [0, 0.05) is 18.4 Å². The van der Waals surface area contributed by atoms with Crippen molar-refractivity contribution in [1.82, 2.24) is 25.7 Å². The Morgan fingerprint density at radius 1 is 1.24 bits per heavy atom. The molecule has 200 valence electrons. The third kappa shape index (κ3) is 5.51. The molecule has 9 heteroatoms. The largest absolute Gasteiger partial charge is 0.349 e. The molecule has 3 heterocycles. The number of dihydropyridines is 1. The first-order chi connectivity index (χ1) is 18.3. The lowest BCUT2D eigenvalue weighted by atomic mass is 9.77. The van der Waals surface area contributed by atoms with Crippen LogP contribution in [0.4, 0.5) is 0 Å². The molecule has 0 bridgehead atoms. The van der Waals surface area contributed by atoms with E-state index in [1.165, 1.54) is 24.8 Å². The number of aryl methyl sites for hydroxylation is 1. The fourth-order valence-corrected chi connectivity index (χ4v) is 5.31. The minimum atomic E-state index is -0.749. The Hall–Kier alpha value is -3.51. The second kappa shape index (κ2) is 10.7. The summed E-state index contributed by atoms with van der Waals surface area (Å²) in [4.78, 5) is 31.6. The van der Waals surface area contributed by atoms with E-state index in [1.54, 1.807) is 0 Å². The number of hydrogen-bond donors (Lipinski definition) is 3. The van der Waals surface area contributed by atoms with Gasteiger partial charge in [-0.15, -0.1) is 0 Å². The molecule has 2 aromatic rings. The van der Waals surface area contributed by atoms with Crippen LogP contribution in [0.25, 0.3) is 10.9 Å². The molecule has 5 rings (SSSR count). The Morgan fingerprint density at radius 3 is 2.74 bits per heavy atom.